The number of hydrogen-bond acceptors (Lipinski definition) is 4. The van der Waals surface area contributed by atoms with Gasteiger partial charge >= 0.3 is 6.09 Å². The lowest BCUT2D eigenvalue weighted by molar-refractivity contribution is -0.131. The van der Waals surface area contributed by atoms with Crippen molar-refractivity contribution in [2.24, 2.45) is 5.92 Å². The lowest BCUT2D eigenvalue weighted by Gasteiger charge is -2.36. The van der Waals surface area contributed by atoms with Gasteiger partial charge in [-0.3, -0.25) is 9.69 Å². The van der Waals surface area contributed by atoms with Crippen LogP contribution in [0.4, 0.5) is 4.79 Å². The number of Topliss-reactive ketones (excluding diaryl/α,β-unsaturated/α-hetero) is 1. The summed E-state index contributed by atoms with van der Waals surface area (Å²) < 4.78 is 10.8. The average molecular weight is 299 g/mol. The van der Waals surface area contributed by atoms with Crippen molar-refractivity contribution in [1.29, 1.82) is 0 Å². The molecule has 0 aromatic heterocycles. The van der Waals surface area contributed by atoms with E-state index < -0.39 is 17.7 Å². The van der Waals surface area contributed by atoms with E-state index in [0.717, 1.165) is 12.8 Å². The predicted molar refractivity (Wildman–Crippen MR) is 81.2 cm³/mol. The summed E-state index contributed by atoms with van der Waals surface area (Å²) in [6, 6.07) is -0.507. The normalized spacial score (nSPS) is 21.0. The van der Waals surface area contributed by atoms with Crippen molar-refractivity contribution in [3.8, 4) is 0 Å². The molecule has 0 bridgehead atoms. The van der Waals surface area contributed by atoms with E-state index in [1.54, 1.807) is 0 Å². The number of nitrogens with zero attached hydrogens (tertiary/aromatic N) is 1. The highest BCUT2D eigenvalue weighted by Crippen LogP contribution is 2.19. The Morgan fingerprint density at radius 3 is 2.62 bits per heavy atom. The standard InChI is InChI=1S/C16H29NO4/c1-6-7-12(2)10-14(18)13-11-20-9-8-17(13)15(19)21-16(3,4)5/h12-13H,6-11H2,1-5H3. The zero-order valence-electron chi connectivity index (χ0n) is 14.0. The third-order valence-electron chi connectivity index (χ3n) is 3.46. The van der Waals surface area contributed by atoms with Crippen LogP contribution in [0.15, 0.2) is 0 Å². The zero-order valence-corrected chi connectivity index (χ0v) is 14.0. The summed E-state index contributed by atoms with van der Waals surface area (Å²) in [5.41, 5.74) is -0.557. The molecule has 5 heteroatoms. The highest BCUT2D eigenvalue weighted by molar-refractivity contribution is 5.88. The highest BCUT2D eigenvalue weighted by Gasteiger charge is 2.35. The van der Waals surface area contributed by atoms with Gasteiger partial charge in [0.2, 0.25) is 0 Å². The van der Waals surface area contributed by atoms with Gasteiger partial charge in [0, 0.05) is 13.0 Å². The Morgan fingerprint density at radius 1 is 1.38 bits per heavy atom. The lowest BCUT2D eigenvalue weighted by atomic mass is 9.95. The van der Waals surface area contributed by atoms with Crippen LogP contribution >= 0.6 is 0 Å². The van der Waals surface area contributed by atoms with Gasteiger partial charge in [0.25, 0.3) is 0 Å². The Labute approximate surface area is 128 Å². The van der Waals surface area contributed by atoms with Crippen LogP contribution in [0, 0.1) is 5.92 Å². The highest BCUT2D eigenvalue weighted by atomic mass is 16.6. The minimum Gasteiger partial charge on any atom is -0.444 e. The molecule has 1 amide bonds. The Balaban J connectivity index is 2.68. The number of rotatable bonds is 5. The number of ketones is 1. The van der Waals surface area contributed by atoms with E-state index in [1.807, 2.05) is 20.8 Å². The van der Waals surface area contributed by atoms with Crippen molar-refractivity contribution in [3.63, 3.8) is 0 Å². The van der Waals surface area contributed by atoms with E-state index in [1.165, 1.54) is 4.90 Å². The Hall–Kier alpha value is -1.10. The molecule has 5 nitrogen and oxygen atoms in total. The molecule has 0 radical (unpaired) electrons. The number of hydrogen-bond donors (Lipinski definition) is 0. The Bertz CT molecular complexity index is 362. The maximum atomic E-state index is 12.4. The third-order valence-corrected chi connectivity index (χ3v) is 3.46. The first kappa shape index (κ1) is 18.0. The number of amides is 1. The minimum absolute atomic E-state index is 0.0708. The number of morpholine rings is 1. The van der Waals surface area contributed by atoms with Crippen LogP contribution < -0.4 is 0 Å². The van der Waals surface area contributed by atoms with Crippen molar-refractivity contribution < 1.29 is 19.1 Å². The molecule has 1 fully saturated rings. The van der Waals surface area contributed by atoms with Crippen LogP contribution in [-0.2, 0) is 14.3 Å². The van der Waals surface area contributed by atoms with Crippen LogP contribution in [0.25, 0.3) is 0 Å². The summed E-state index contributed by atoms with van der Waals surface area (Å²) >= 11 is 0. The quantitative estimate of drug-likeness (QED) is 0.783. The number of carbonyl (C=O) groups excluding carboxylic acids is 2. The van der Waals surface area contributed by atoms with Crippen molar-refractivity contribution in [2.75, 3.05) is 19.8 Å². The van der Waals surface area contributed by atoms with E-state index >= 15 is 0 Å². The van der Waals surface area contributed by atoms with Crippen molar-refractivity contribution >= 4 is 11.9 Å². The zero-order chi connectivity index (χ0) is 16.0. The van der Waals surface area contributed by atoms with E-state index in [9.17, 15) is 9.59 Å². The summed E-state index contributed by atoms with van der Waals surface area (Å²) in [5, 5.41) is 0. The molecule has 0 saturated carbocycles. The van der Waals surface area contributed by atoms with Crippen LogP contribution in [0.1, 0.15) is 53.9 Å². The van der Waals surface area contributed by atoms with Crippen molar-refractivity contribution in [1.82, 2.24) is 4.90 Å². The molecule has 1 saturated heterocycles. The van der Waals surface area contributed by atoms with Gasteiger partial charge < -0.3 is 9.47 Å². The van der Waals surface area contributed by atoms with Gasteiger partial charge in [0.15, 0.2) is 5.78 Å². The summed E-state index contributed by atoms with van der Waals surface area (Å²) in [4.78, 5) is 26.2. The number of carbonyl (C=O) groups is 2. The van der Waals surface area contributed by atoms with Gasteiger partial charge in [-0.2, -0.15) is 0 Å². The number of ether oxygens (including phenoxy) is 2. The molecule has 1 heterocycles. The molecule has 2 atom stereocenters. The average Bonchev–Trinajstić information content (AvgIpc) is 2.36. The fraction of sp³-hybridized carbons (Fsp3) is 0.875. The molecular weight excluding hydrogens is 270 g/mol. The predicted octanol–water partition coefficient (Wildman–Crippen LogP) is 3.02. The molecule has 0 aromatic rings. The van der Waals surface area contributed by atoms with E-state index in [4.69, 9.17) is 9.47 Å². The Kier molecular flexibility index (Phi) is 6.65. The van der Waals surface area contributed by atoms with E-state index in [2.05, 4.69) is 13.8 Å². The maximum absolute atomic E-state index is 12.4. The van der Waals surface area contributed by atoms with Gasteiger partial charge in [-0.05, 0) is 26.7 Å². The third kappa shape index (κ3) is 6.04. The Morgan fingerprint density at radius 2 is 2.05 bits per heavy atom. The fourth-order valence-electron chi connectivity index (χ4n) is 2.48. The minimum atomic E-state index is -0.557. The molecule has 2 unspecified atom stereocenters. The van der Waals surface area contributed by atoms with Gasteiger partial charge in [0.1, 0.15) is 11.6 Å². The second-order valence-corrected chi connectivity index (χ2v) is 6.83. The lowest BCUT2D eigenvalue weighted by Crippen LogP contribution is -2.54. The van der Waals surface area contributed by atoms with Crippen LogP contribution in [0.3, 0.4) is 0 Å². The first-order valence-corrected chi connectivity index (χ1v) is 7.84. The van der Waals surface area contributed by atoms with E-state index in [0.29, 0.717) is 25.5 Å². The molecule has 0 aliphatic carbocycles. The largest absolute Gasteiger partial charge is 0.444 e. The molecule has 1 rings (SSSR count). The van der Waals surface area contributed by atoms with Crippen LogP contribution in [0.5, 0.6) is 0 Å². The molecule has 1 aliphatic rings. The summed E-state index contributed by atoms with van der Waals surface area (Å²) in [6.45, 7) is 10.8. The second kappa shape index (κ2) is 7.78. The first-order chi connectivity index (χ1) is 9.74. The second-order valence-electron chi connectivity index (χ2n) is 6.83. The van der Waals surface area contributed by atoms with Gasteiger partial charge in [-0.1, -0.05) is 26.7 Å². The summed E-state index contributed by atoms with van der Waals surface area (Å²) in [5.74, 6) is 0.409. The first-order valence-electron chi connectivity index (χ1n) is 7.84. The molecule has 1 aliphatic heterocycles. The van der Waals surface area contributed by atoms with Crippen molar-refractivity contribution in [3.05, 3.63) is 0 Å². The van der Waals surface area contributed by atoms with Gasteiger partial charge in [-0.25, -0.2) is 4.79 Å². The summed E-state index contributed by atoms with van der Waals surface area (Å²) in [6.07, 6.45) is 2.14. The van der Waals surface area contributed by atoms with Gasteiger partial charge in [0.05, 0.1) is 13.2 Å². The smallest absolute Gasteiger partial charge is 0.411 e. The van der Waals surface area contributed by atoms with E-state index in [-0.39, 0.29) is 12.4 Å². The van der Waals surface area contributed by atoms with Crippen LogP contribution in [0.2, 0.25) is 0 Å². The molecule has 0 aromatic carbocycles. The SMILES string of the molecule is CCCC(C)CC(=O)C1COCCN1C(=O)OC(C)(C)C. The molecule has 0 spiro atoms. The monoisotopic (exact) mass is 299 g/mol. The van der Waals surface area contributed by atoms with Crippen LogP contribution in [-0.4, -0.2) is 48.2 Å². The summed E-state index contributed by atoms with van der Waals surface area (Å²) in [7, 11) is 0. The topological polar surface area (TPSA) is 55.8 Å². The van der Waals surface area contributed by atoms with Gasteiger partial charge in [-0.15, -0.1) is 0 Å². The maximum Gasteiger partial charge on any atom is 0.411 e. The van der Waals surface area contributed by atoms with Crippen molar-refractivity contribution in [2.45, 2.75) is 65.5 Å². The molecule has 0 N–H and O–H groups in total. The molecule has 21 heavy (non-hydrogen) atoms. The molecular formula is C16H29NO4. The molecule has 122 valence electrons. The fourth-order valence-corrected chi connectivity index (χ4v) is 2.48.